The van der Waals surface area contributed by atoms with Crippen molar-refractivity contribution in [3.63, 3.8) is 0 Å². The summed E-state index contributed by atoms with van der Waals surface area (Å²) >= 11 is 0. The van der Waals surface area contributed by atoms with Crippen LogP contribution in [0.25, 0.3) is 0 Å². The fraction of sp³-hybridized carbons (Fsp3) is 0.435. The molecule has 4 rings (SSSR count). The normalized spacial score (nSPS) is 22.4. The molecule has 172 valence electrons. The third-order valence-corrected chi connectivity index (χ3v) is 6.09. The molecule has 2 fully saturated rings. The van der Waals surface area contributed by atoms with E-state index in [9.17, 15) is 19.8 Å². The maximum Gasteiger partial charge on any atom is 0.314 e. The van der Waals surface area contributed by atoms with Crippen LogP contribution in [0.4, 0.5) is 0 Å². The number of carboxylic acids is 1. The third kappa shape index (κ3) is 4.77. The number of aromatic nitrogens is 1. The molecule has 1 saturated carbocycles. The standard InChI is InChI=1S/C22H26N2O5.CH2O2/c1-29-17-5-2-4-15(12-17)13-22(21(27)28)14-23(11-9-19(22)25)20(26)18-6-3-10-24(18)16-7-8-16;2-1-3/h2-6,10,12,16,19,25H,7-9,11,13-14H2,1H3,(H,27,28);1H,(H,2,3)/t19-,22+;/m0./s1. The van der Waals surface area contributed by atoms with Crippen LogP contribution >= 0.6 is 0 Å². The number of ether oxygens (including phenoxy) is 1. The van der Waals surface area contributed by atoms with Gasteiger partial charge < -0.3 is 29.5 Å². The van der Waals surface area contributed by atoms with Gasteiger partial charge in [0.1, 0.15) is 16.9 Å². The minimum atomic E-state index is -1.46. The van der Waals surface area contributed by atoms with E-state index in [1.165, 1.54) is 0 Å². The van der Waals surface area contributed by atoms with E-state index in [2.05, 4.69) is 0 Å². The van der Waals surface area contributed by atoms with Crippen LogP contribution in [0.15, 0.2) is 42.6 Å². The summed E-state index contributed by atoms with van der Waals surface area (Å²) in [6.45, 7) is 0.0539. The van der Waals surface area contributed by atoms with E-state index in [4.69, 9.17) is 14.6 Å². The number of piperidine rings is 1. The van der Waals surface area contributed by atoms with Crippen molar-refractivity contribution in [2.24, 2.45) is 5.41 Å². The summed E-state index contributed by atoms with van der Waals surface area (Å²) in [5.41, 5.74) is -0.122. The van der Waals surface area contributed by atoms with Crippen LogP contribution in [0.5, 0.6) is 5.75 Å². The number of carboxylic acid groups (broad SMARTS) is 2. The summed E-state index contributed by atoms with van der Waals surface area (Å²) in [7, 11) is 1.55. The molecule has 2 atom stereocenters. The van der Waals surface area contributed by atoms with Gasteiger partial charge in [0.2, 0.25) is 0 Å². The smallest absolute Gasteiger partial charge is 0.314 e. The summed E-state index contributed by atoms with van der Waals surface area (Å²) in [5.74, 6) is -0.642. The molecule has 1 amide bonds. The lowest BCUT2D eigenvalue weighted by Crippen LogP contribution is -2.58. The number of methoxy groups -OCH3 is 1. The van der Waals surface area contributed by atoms with Crippen molar-refractivity contribution in [2.45, 2.75) is 37.8 Å². The Balaban J connectivity index is 0.000000913. The summed E-state index contributed by atoms with van der Waals surface area (Å²) in [5, 5.41) is 27.7. The lowest BCUT2D eigenvalue weighted by atomic mass is 9.72. The molecule has 0 bridgehead atoms. The molecular weight excluding hydrogens is 416 g/mol. The highest BCUT2D eigenvalue weighted by Crippen LogP contribution is 2.38. The number of aliphatic hydroxyl groups is 1. The molecule has 32 heavy (non-hydrogen) atoms. The molecule has 0 spiro atoms. The Morgan fingerprint density at radius 3 is 2.56 bits per heavy atom. The van der Waals surface area contributed by atoms with Crippen molar-refractivity contribution in [3.05, 3.63) is 53.9 Å². The predicted molar refractivity (Wildman–Crippen MR) is 115 cm³/mol. The summed E-state index contributed by atoms with van der Waals surface area (Å²) in [6.07, 6.45) is 3.33. The van der Waals surface area contributed by atoms with Crippen LogP contribution in [0.1, 0.15) is 41.4 Å². The van der Waals surface area contributed by atoms with Gasteiger partial charge in [-0.2, -0.15) is 0 Å². The van der Waals surface area contributed by atoms with Crippen molar-refractivity contribution in [1.29, 1.82) is 0 Å². The Bertz CT molecular complexity index is 969. The van der Waals surface area contributed by atoms with Crippen molar-refractivity contribution in [2.75, 3.05) is 20.2 Å². The lowest BCUT2D eigenvalue weighted by molar-refractivity contribution is -0.161. The van der Waals surface area contributed by atoms with Crippen molar-refractivity contribution in [1.82, 2.24) is 9.47 Å². The molecule has 2 aromatic rings. The topological polar surface area (TPSA) is 129 Å². The molecular formula is C23H28N2O7. The Morgan fingerprint density at radius 1 is 1.22 bits per heavy atom. The van der Waals surface area contributed by atoms with Gasteiger partial charge in [-0.3, -0.25) is 14.4 Å². The van der Waals surface area contributed by atoms with E-state index >= 15 is 0 Å². The Kier molecular flexibility index (Phi) is 7.19. The minimum absolute atomic E-state index is 0.0324. The molecule has 1 saturated heterocycles. The van der Waals surface area contributed by atoms with Gasteiger partial charge in [-0.25, -0.2) is 0 Å². The average Bonchev–Trinajstić information content (AvgIpc) is 3.51. The average molecular weight is 444 g/mol. The summed E-state index contributed by atoms with van der Waals surface area (Å²) < 4.78 is 7.22. The van der Waals surface area contributed by atoms with Gasteiger partial charge >= 0.3 is 5.97 Å². The highest BCUT2D eigenvalue weighted by atomic mass is 16.5. The Hall–Kier alpha value is -3.33. The molecule has 3 N–H and O–H groups in total. The number of aliphatic hydroxyl groups excluding tert-OH is 1. The van der Waals surface area contributed by atoms with Gasteiger partial charge in [-0.15, -0.1) is 0 Å². The molecule has 1 aliphatic heterocycles. The van der Waals surface area contributed by atoms with E-state index in [-0.39, 0.29) is 31.8 Å². The molecule has 1 aromatic carbocycles. The molecule has 0 unspecified atom stereocenters. The third-order valence-electron chi connectivity index (χ3n) is 6.09. The van der Waals surface area contributed by atoms with Crippen LogP contribution in [0.3, 0.4) is 0 Å². The van der Waals surface area contributed by atoms with E-state index in [1.54, 1.807) is 36.3 Å². The number of hydrogen-bond donors (Lipinski definition) is 3. The van der Waals surface area contributed by atoms with Crippen LogP contribution in [0.2, 0.25) is 0 Å². The molecule has 2 heterocycles. The van der Waals surface area contributed by atoms with Crippen LogP contribution in [-0.2, 0) is 16.0 Å². The van der Waals surface area contributed by atoms with E-state index in [0.29, 0.717) is 24.0 Å². The first-order chi connectivity index (χ1) is 15.4. The first-order valence-electron chi connectivity index (χ1n) is 10.4. The van der Waals surface area contributed by atoms with Gasteiger partial charge in [-0.1, -0.05) is 12.1 Å². The number of hydrogen-bond acceptors (Lipinski definition) is 5. The van der Waals surface area contributed by atoms with Gasteiger partial charge in [0.15, 0.2) is 0 Å². The van der Waals surface area contributed by atoms with Crippen molar-refractivity contribution in [3.8, 4) is 5.75 Å². The summed E-state index contributed by atoms with van der Waals surface area (Å²) in [6, 6.07) is 11.2. The highest BCUT2D eigenvalue weighted by molar-refractivity contribution is 5.93. The first kappa shape index (κ1) is 23.3. The number of aliphatic carboxylic acids is 1. The van der Waals surface area contributed by atoms with Crippen LogP contribution in [-0.4, -0.2) is 69.4 Å². The van der Waals surface area contributed by atoms with E-state index < -0.39 is 17.5 Å². The summed E-state index contributed by atoms with van der Waals surface area (Å²) in [4.78, 5) is 35.5. The Labute approximate surface area is 185 Å². The SMILES string of the molecule is COc1cccc(C[C@@]2(C(=O)O)CN(C(=O)c3cccn3C3CC3)CC[C@@H]2O)c1.O=CO. The first-order valence-corrected chi connectivity index (χ1v) is 10.4. The van der Waals surface area contributed by atoms with Crippen LogP contribution < -0.4 is 4.74 Å². The quantitative estimate of drug-likeness (QED) is 0.582. The fourth-order valence-corrected chi connectivity index (χ4v) is 4.27. The number of benzene rings is 1. The largest absolute Gasteiger partial charge is 0.497 e. The van der Waals surface area contributed by atoms with E-state index in [1.807, 2.05) is 22.9 Å². The second kappa shape index (κ2) is 9.86. The van der Waals surface area contributed by atoms with Gasteiger partial charge in [0.25, 0.3) is 12.4 Å². The fourth-order valence-electron chi connectivity index (χ4n) is 4.27. The second-order valence-corrected chi connectivity index (χ2v) is 8.16. The minimum Gasteiger partial charge on any atom is -0.497 e. The van der Waals surface area contributed by atoms with Crippen LogP contribution in [0, 0.1) is 5.41 Å². The number of carbonyl (C=O) groups is 3. The maximum atomic E-state index is 13.2. The number of amides is 1. The van der Waals surface area contributed by atoms with Gasteiger partial charge in [0.05, 0.1) is 13.2 Å². The molecule has 2 aliphatic rings. The molecule has 1 aromatic heterocycles. The molecule has 0 radical (unpaired) electrons. The van der Waals surface area contributed by atoms with Gasteiger partial charge in [-0.05, 0) is 55.5 Å². The Morgan fingerprint density at radius 2 is 1.94 bits per heavy atom. The zero-order valence-corrected chi connectivity index (χ0v) is 17.9. The highest BCUT2D eigenvalue weighted by Gasteiger charge is 2.50. The number of nitrogens with zero attached hydrogens (tertiary/aromatic N) is 2. The van der Waals surface area contributed by atoms with Gasteiger partial charge in [0, 0.05) is 25.3 Å². The number of likely N-dealkylation sites (tertiary alicyclic amines) is 1. The predicted octanol–water partition coefficient (Wildman–Crippen LogP) is 2.05. The molecule has 9 nitrogen and oxygen atoms in total. The zero-order chi connectivity index (χ0) is 23.3. The van der Waals surface area contributed by atoms with Crippen molar-refractivity contribution < 1.29 is 34.4 Å². The molecule has 1 aliphatic carbocycles. The zero-order valence-electron chi connectivity index (χ0n) is 17.9. The maximum absolute atomic E-state index is 13.2. The monoisotopic (exact) mass is 444 g/mol. The number of carbonyl (C=O) groups excluding carboxylic acids is 1. The van der Waals surface area contributed by atoms with Crippen molar-refractivity contribution >= 4 is 18.3 Å². The molecule has 9 heteroatoms. The van der Waals surface area contributed by atoms with E-state index in [0.717, 1.165) is 18.4 Å². The lowest BCUT2D eigenvalue weighted by Gasteiger charge is -2.43. The second-order valence-electron chi connectivity index (χ2n) is 8.16. The number of rotatable bonds is 6.